The van der Waals surface area contributed by atoms with Gasteiger partial charge in [-0.1, -0.05) is 44.7 Å². The van der Waals surface area contributed by atoms with Crippen LogP contribution < -0.4 is 10.6 Å². The van der Waals surface area contributed by atoms with Gasteiger partial charge in [-0.05, 0) is 72.5 Å². The highest BCUT2D eigenvalue weighted by Gasteiger charge is 2.15. The fourth-order valence-electron chi connectivity index (χ4n) is 3.48. The van der Waals surface area contributed by atoms with Crippen LogP contribution in [-0.2, 0) is 10.2 Å². The Hall–Kier alpha value is -3.49. The van der Waals surface area contributed by atoms with E-state index in [0.29, 0.717) is 22.5 Å². The molecule has 0 bridgehead atoms. The van der Waals surface area contributed by atoms with Crippen molar-refractivity contribution in [2.75, 3.05) is 16.4 Å². The molecule has 0 saturated carbocycles. The second-order valence-corrected chi connectivity index (χ2v) is 11.7. The van der Waals surface area contributed by atoms with Crippen LogP contribution >= 0.6 is 23.1 Å². The summed E-state index contributed by atoms with van der Waals surface area (Å²) in [6.07, 6.45) is 0. The minimum absolute atomic E-state index is 0.0169. The summed E-state index contributed by atoms with van der Waals surface area (Å²) >= 11 is 2.83. The van der Waals surface area contributed by atoms with Gasteiger partial charge in [0.1, 0.15) is 0 Å². The van der Waals surface area contributed by atoms with Crippen molar-refractivity contribution in [1.82, 2.24) is 4.98 Å². The van der Waals surface area contributed by atoms with E-state index in [1.54, 1.807) is 24.3 Å². The molecule has 6 nitrogen and oxygen atoms in total. The van der Waals surface area contributed by atoms with Crippen molar-refractivity contribution in [3.8, 4) is 0 Å². The fraction of sp³-hybridized carbons (Fsp3) is 0.214. The predicted octanol–water partition coefficient (Wildman–Crippen LogP) is 6.78. The Balaban J connectivity index is 1.35. The second-order valence-electron chi connectivity index (χ2n) is 9.41. The van der Waals surface area contributed by atoms with Crippen molar-refractivity contribution in [2.45, 2.75) is 37.4 Å². The number of anilines is 2. The van der Waals surface area contributed by atoms with Crippen LogP contribution in [0.1, 0.15) is 54.0 Å². The molecular weight excluding hydrogens is 490 g/mol. The van der Waals surface area contributed by atoms with E-state index < -0.39 is 0 Å². The Bertz CT molecular complexity index is 1420. The van der Waals surface area contributed by atoms with Crippen LogP contribution in [0.4, 0.5) is 11.4 Å². The Morgan fingerprint density at radius 3 is 2.14 bits per heavy atom. The molecule has 4 rings (SSSR count). The van der Waals surface area contributed by atoms with E-state index in [2.05, 4.69) is 36.4 Å². The van der Waals surface area contributed by atoms with Crippen LogP contribution in [0.15, 0.2) is 71.1 Å². The molecule has 0 aliphatic heterocycles. The molecule has 0 saturated heterocycles. The lowest BCUT2D eigenvalue weighted by Gasteiger charge is -2.19. The quantitative estimate of drug-likeness (QED) is 0.208. The zero-order valence-corrected chi connectivity index (χ0v) is 22.2. The van der Waals surface area contributed by atoms with Crippen LogP contribution in [0.25, 0.3) is 10.2 Å². The number of aromatic nitrogens is 1. The molecule has 0 atom stereocenters. The third kappa shape index (κ3) is 6.38. The van der Waals surface area contributed by atoms with Gasteiger partial charge >= 0.3 is 0 Å². The molecule has 1 heterocycles. The second kappa shape index (κ2) is 10.6. The summed E-state index contributed by atoms with van der Waals surface area (Å²) in [6, 6.07) is 20.1. The number of fused-ring (bicyclic) bond motifs is 1. The van der Waals surface area contributed by atoms with Crippen molar-refractivity contribution in [1.29, 1.82) is 0 Å². The molecule has 8 heteroatoms. The van der Waals surface area contributed by atoms with Crippen LogP contribution in [0.2, 0.25) is 0 Å². The number of hydrogen-bond donors (Lipinski definition) is 2. The minimum Gasteiger partial charge on any atom is -0.325 e. The smallest absolute Gasteiger partial charge is 0.255 e. The van der Waals surface area contributed by atoms with Crippen LogP contribution in [0.5, 0.6) is 0 Å². The molecule has 0 fully saturated rings. The maximum Gasteiger partial charge on any atom is 0.255 e. The number of rotatable bonds is 7. The number of carbonyl (C=O) groups is 3. The van der Waals surface area contributed by atoms with Crippen LogP contribution in [-0.4, -0.2) is 28.3 Å². The molecule has 2 N–H and O–H groups in total. The lowest BCUT2D eigenvalue weighted by atomic mass is 9.87. The first-order chi connectivity index (χ1) is 17.1. The summed E-state index contributed by atoms with van der Waals surface area (Å²) in [4.78, 5) is 41.0. The minimum atomic E-state index is -0.165. The summed E-state index contributed by atoms with van der Waals surface area (Å²) in [7, 11) is 0. The summed E-state index contributed by atoms with van der Waals surface area (Å²) in [5, 5.41) is 5.78. The number of ketones is 1. The van der Waals surface area contributed by atoms with Gasteiger partial charge in [-0.15, -0.1) is 11.3 Å². The van der Waals surface area contributed by atoms with Gasteiger partial charge in [0.2, 0.25) is 5.91 Å². The van der Waals surface area contributed by atoms with Crippen molar-refractivity contribution < 1.29 is 14.4 Å². The maximum absolute atomic E-state index is 12.7. The Labute approximate surface area is 218 Å². The highest BCUT2D eigenvalue weighted by atomic mass is 32.2. The molecule has 0 aliphatic rings. The summed E-state index contributed by atoms with van der Waals surface area (Å²) in [5.41, 5.74) is 4.56. The van der Waals surface area contributed by atoms with E-state index in [1.807, 2.05) is 42.5 Å². The van der Waals surface area contributed by atoms with Gasteiger partial charge in [-0.2, -0.15) is 0 Å². The standard InChI is InChI=1S/C28H27N3O3S2/c1-17(32)18-7-11-21(12-8-18)29-25(33)16-35-27-31-23-14-13-22(15-24(23)36-27)30-26(34)19-5-9-20(10-6-19)28(2,3)4/h5-15H,16H2,1-4H3,(H,29,33)(H,30,34). The van der Waals surface area contributed by atoms with E-state index in [0.717, 1.165) is 14.6 Å². The van der Waals surface area contributed by atoms with E-state index in [9.17, 15) is 14.4 Å². The molecule has 0 aliphatic carbocycles. The third-order valence-electron chi connectivity index (χ3n) is 5.54. The van der Waals surface area contributed by atoms with Crippen molar-refractivity contribution in [2.24, 2.45) is 0 Å². The molecule has 3 aromatic carbocycles. The van der Waals surface area contributed by atoms with Crippen LogP contribution in [0, 0.1) is 0 Å². The van der Waals surface area contributed by atoms with Crippen molar-refractivity contribution in [3.05, 3.63) is 83.4 Å². The van der Waals surface area contributed by atoms with Gasteiger partial charge in [0.25, 0.3) is 5.91 Å². The summed E-state index contributed by atoms with van der Waals surface area (Å²) in [6.45, 7) is 7.92. The monoisotopic (exact) mass is 517 g/mol. The number of carbonyl (C=O) groups excluding carboxylic acids is 3. The molecule has 0 unspecified atom stereocenters. The fourth-order valence-corrected chi connectivity index (χ4v) is 5.39. The number of amides is 2. The molecule has 0 radical (unpaired) electrons. The highest BCUT2D eigenvalue weighted by Crippen LogP contribution is 2.31. The van der Waals surface area contributed by atoms with Gasteiger partial charge in [-0.25, -0.2) is 4.98 Å². The normalized spacial score (nSPS) is 11.3. The Kier molecular flexibility index (Phi) is 7.56. The van der Waals surface area contributed by atoms with Gasteiger partial charge in [0.05, 0.1) is 16.0 Å². The average Bonchev–Trinajstić information content (AvgIpc) is 3.25. The number of nitrogens with zero attached hydrogens (tertiary/aromatic N) is 1. The van der Waals surface area contributed by atoms with Crippen LogP contribution in [0.3, 0.4) is 0 Å². The number of nitrogens with one attached hydrogen (secondary N) is 2. The van der Waals surface area contributed by atoms with Crippen molar-refractivity contribution >= 4 is 62.3 Å². The predicted molar refractivity (Wildman–Crippen MR) is 149 cm³/mol. The van der Waals surface area contributed by atoms with Gasteiger partial charge in [-0.3, -0.25) is 14.4 Å². The molecule has 2 amide bonds. The highest BCUT2D eigenvalue weighted by molar-refractivity contribution is 8.01. The summed E-state index contributed by atoms with van der Waals surface area (Å²) in [5.74, 6) is -0.124. The first-order valence-corrected chi connectivity index (χ1v) is 13.2. The van der Waals surface area contributed by atoms with E-state index in [4.69, 9.17) is 0 Å². The number of hydrogen-bond acceptors (Lipinski definition) is 6. The van der Waals surface area contributed by atoms with E-state index in [1.165, 1.54) is 35.6 Å². The number of Topliss-reactive ketones (excluding diaryl/α,β-unsaturated/α-hetero) is 1. The maximum atomic E-state index is 12.7. The number of benzene rings is 3. The van der Waals surface area contributed by atoms with E-state index in [-0.39, 0.29) is 28.8 Å². The largest absolute Gasteiger partial charge is 0.325 e. The molecule has 36 heavy (non-hydrogen) atoms. The number of thiazole rings is 1. The molecule has 1 aromatic heterocycles. The number of thioether (sulfide) groups is 1. The Morgan fingerprint density at radius 2 is 1.50 bits per heavy atom. The first-order valence-electron chi connectivity index (χ1n) is 11.4. The lowest BCUT2D eigenvalue weighted by molar-refractivity contribution is -0.113. The zero-order valence-electron chi connectivity index (χ0n) is 20.5. The van der Waals surface area contributed by atoms with Gasteiger partial charge < -0.3 is 10.6 Å². The van der Waals surface area contributed by atoms with E-state index >= 15 is 0 Å². The lowest BCUT2D eigenvalue weighted by Crippen LogP contribution is -2.14. The molecule has 0 spiro atoms. The molecule has 4 aromatic rings. The van der Waals surface area contributed by atoms with Crippen molar-refractivity contribution in [3.63, 3.8) is 0 Å². The average molecular weight is 518 g/mol. The summed E-state index contributed by atoms with van der Waals surface area (Å²) < 4.78 is 1.70. The SMILES string of the molecule is CC(=O)c1ccc(NC(=O)CSc2nc3ccc(NC(=O)c4ccc(C(C)(C)C)cc4)cc3s2)cc1. The molecule has 184 valence electrons. The zero-order chi connectivity index (χ0) is 25.9. The molecular formula is C28H27N3O3S2. The van der Waals surface area contributed by atoms with Gasteiger partial charge in [0, 0.05) is 22.5 Å². The third-order valence-corrected chi connectivity index (χ3v) is 7.70. The Morgan fingerprint density at radius 1 is 0.861 bits per heavy atom. The first kappa shape index (κ1) is 25.6. The topological polar surface area (TPSA) is 88.2 Å². The van der Waals surface area contributed by atoms with Gasteiger partial charge in [0.15, 0.2) is 10.1 Å².